The van der Waals surface area contributed by atoms with Crippen molar-refractivity contribution >= 4 is 14.0 Å². The Labute approximate surface area is 219 Å². The average molecular weight is 533 g/mol. The van der Waals surface area contributed by atoms with Crippen LogP contribution in [0.5, 0.6) is 0 Å². The van der Waals surface area contributed by atoms with Crippen LogP contribution in [-0.2, 0) is 32.3 Å². The first-order valence-electron chi connectivity index (χ1n) is 13.3. The number of hydrogen-bond donors (Lipinski definition) is 0. The summed E-state index contributed by atoms with van der Waals surface area (Å²) in [6.45, 7) is 11.7. The molecule has 0 aromatic heterocycles. The van der Waals surface area contributed by atoms with E-state index in [-0.39, 0.29) is 19.2 Å². The standard InChI is InChI=1S/C27H49O8P/c1-7-10-11-12-13-14-17-20-23-30-25(35-36(29,32-8-2)33-9-3)22-19-16-15-18-21-24-31-26(28)34-27(4,5)6/h14,17,20,22-23H,7-13,15-16,18-19,21,24H2,1-6H3/b17-14-,23-20+,25-22-. The molecule has 0 aromatic rings. The molecule has 0 atom stereocenters. The van der Waals surface area contributed by atoms with Crippen LogP contribution < -0.4 is 0 Å². The molecule has 210 valence electrons. The normalized spacial score (nSPS) is 12.9. The van der Waals surface area contributed by atoms with Crippen LogP contribution in [0, 0.1) is 0 Å². The van der Waals surface area contributed by atoms with Gasteiger partial charge in [0, 0.05) is 0 Å². The Morgan fingerprint density at radius 1 is 0.833 bits per heavy atom. The van der Waals surface area contributed by atoms with Crippen LogP contribution in [0.1, 0.15) is 106 Å². The highest BCUT2D eigenvalue weighted by atomic mass is 31.2. The van der Waals surface area contributed by atoms with Gasteiger partial charge in [-0.1, -0.05) is 51.2 Å². The number of allylic oxidation sites excluding steroid dienone is 4. The molecule has 0 saturated carbocycles. The van der Waals surface area contributed by atoms with Crippen LogP contribution in [0.4, 0.5) is 4.79 Å². The molecule has 0 amide bonds. The Bertz CT molecular complexity index is 684. The summed E-state index contributed by atoms with van der Waals surface area (Å²) in [4.78, 5) is 11.5. The summed E-state index contributed by atoms with van der Waals surface area (Å²) in [7, 11) is -3.75. The number of phosphoric ester groups is 1. The van der Waals surface area contributed by atoms with Crippen LogP contribution in [-0.4, -0.2) is 31.6 Å². The van der Waals surface area contributed by atoms with Crippen molar-refractivity contribution in [3.63, 3.8) is 0 Å². The first-order valence-corrected chi connectivity index (χ1v) is 14.7. The Kier molecular flexibility index (Phi) is 20.3. The Morgan fingerprint density at radius 2 is 1.47 bits per heavy atom. The fraction of sp³-hybridized carbons (Fsp3) is 0.741. The molecule has 0 aliphatic rings. The minimum absolute atomic E-state index is 0.0843. The highest BCUT2D eigenvalue weighted by Gasteiger charge is 2.29. The van der Waals surface area contributed by atoms with E-state index in [2.05, 4.69) is 13.0 Å². The summed E-state index contributed by atoms with van der Waals surface area (Å²) >= 11 is 0. The number of ether oxygens (including phenoxy) is 3. The van der Waals surface area contributed by atoms with E-state index >= 15 is 0 Å². The van der Waals surface area contributed by atoms with Gasteiger partial charge in [-0.25, -0.2) is 9.36 Å². The zero-order valence-electron chi connectivity index (χ0n) is 23.3. The molecule has 0 unspecified atom stereocenters. The summed E-state index contributed by atoms with van der Waals surface area (Å²) in [5, 5.41) is 0. The van der Waals surface area contributed by atoms with Crippen LogP contribution in [0.15, 0.2) is 36.5 Å². The Hall–Kier alpha value is -1.76. The summed E-state index contributed by atoms with van der Waals surface area (Å²) in [5.41, 5.74) is -0.556. The molecule has 0 spiro atoms. The van der Waals surface area contributed by atoms with Gasteiger partial charge in [-0.15, -0.1) is 0 Å². The van der Waals surface area contributed by atoms with E-state index < -0.39 is 19.6 Å². The zero-order chi connectivity index (χ0) is 27.1. The van der Waals surface area contributed by atoms with Crippen molar-refractivity contribution < 1.29 is 37.1 Å². The van der Waals surface area contributed by atoms with Gasteiger partial charge in [-0.3, -0.25) is 9.05 Å². The molecule has 0 aromatic carbocycles. The predicted octanol–water partition coefficient (Wildman–Crippen LogP) is 8.98. The molecule has 8 nitrogen and oxygen atoms in total. The van der Waals surface area contributed by atoms with Gasteiger partial charge < -0.3 is 18.7 Å². The van der Waals surface area contributed by atoms with Gasteiger partial charge in [-0.2, -0.15) is 0 Å². The quantitative estimate of drug-likeness (QED) is 0.0475. The number of carbonyl (C=O) groups is 1. The predicted molar refractivity (Wildman–Crippen MR) is 143 cm³/mol. The van der Waals surface area contributed by atoms with Crippen molar-refractivity contribution in [1.82, 2.24) is 0 Å². The third kappa shape index (κ3) is 21.5. The van der Waals surface area contributed by atoms with Crippen molar-refractivity contribution in [2.75, 3.05) is 19.8 Å². The average Bonchev–Trinajstić information content (AvgIpc) is 2.78. The SMILES string of the molecule is CCCCCC/C=C\C=C\O/C(=C/CCCCCCOC(=O)OC(C)(C)C)OP(=O)(OCC)OCC. The van der Waals surface area contributed by atoms with E-state index in [1.54, 1.807) is 46.8 Å². The minimum atomic E-state index is -3.75. The lowest BCUT2D eigenvalue weighted by atomic mass is 10.1. The van der Waals surface area contributed by atoms with Gasteiger partial charge in [0.25, 0.3) is 5.95 Å². The van der Waals surface area contributed by atoms with E-state index in [1.807, 2.05) is 6.08 Å². The van der Waals surface area contributed by atoms with Crippen molar-refractivity contribution in [2.24, 2.45) is 0 Å². The molecular weight excluding hydrogens is 483 g/mol. The van der Waals surface area contributed by atoms with Crippen molar-refractivity contribution in [1.29, 1.82) is 0 Å². The molecule has 0 fully saturated rings. The smallest absolute Gasteiger partial charge is 0.434 e. The first-order chi connectivity index (χ1) is 17.2. The van der Waals surface area contributed by atoms with Gasteiger partial charge in [0.15, 0.2) is 0 Å². The second kappa shape index (κ2) is 21.3. The maximum atomic E-state index is 12.8. The molecule has 36 heavy (non-hydrogen) atoms. The highest BCUT2D eigenvalue weighted by molar-refractivity contribution is 7.48. The van der Waals surface area contributed by atoms with Crippen LogP contribution in [0.3, 0.4) is 0 Å². The summed E-state index contributed by atoms with van der Waals surface area (Å²) < 4.78 is 44.5. The maximum absolute atomic E-state index is 12.8. The maximum Gasteiger partial charge on any atom is 0.532 e. The van der Waals surface area contributed by atoms with E-state index in [0.717, 1.165) is 32.1 Å². The van der Waals surface area contributed by atoms with E-state index in [0.29, 0.717) is 13.0 Å². The van der Waals surface area contributed by atoms with Gasteiger partial charge in [0.05, 0.1) is 26.1 Å². The second-order valence-electron chi connectivity index (χ2n) is 9.14. The first kappa shape index (κ1) is 34.2. The number of rotatable bonds is 21. The van der Waals surface area contributed by atoms with Crippen molar-refractivity contribution in [3.05, 3.63) is 36.5 Å². The molecule has 0 saturated heterocycles. The summed E-state index contributed by atoms with van der Waals surface area (Å²) in [5.74, 6) is 0.0843. The van der Waals surface area contributed by atoms with Gasteiger partial charge in [-0.05, 0) is 78.9 Å². The lowest BCUT2D eigenvalue weighted by Gasteiger charge is -2.18. The number of hydrogen-bond acceptors (Lipinski definition) is 8. The van der Waals surface area contributed by atoms with Crippen LogP contribution >= 0.6 is 7.82 Å². The topological polar surface area (TPSA) is 89.5 Å². The third-order valence-corrected chi connectivity index (χ3v) is 6.08. The van der Waals surface area contributed by atoms with Crippen LogP contribution in [0.2, 0.25) is 0 Å². The summed E-state index contributed by atoms with van der Waals surface area (Å²) in [6, 6.07) is 0. The monoisotopic (exact) mass is 532 g/mol. The van der Waals surface area contributed by atoms with Gasteiger partial charge in [0.1, 0.15) is 5.60 Å². The third-order valence-electron chi connectivity index (χ3n) is 4.53. The number of carbonyl (C=O) groups excluding carboxylic acids is 1. The van der Waals surface area contributed by atoms with E-state index in [4.69, 9.17) is 27.8 Å². The molecule has 0 aliphatic carbocycles. The second-order valence-corrected chi connectivity index (χ2v) is 10.7. The van der Waals surface area contributed by atoms with Crippen molar-refractivity contribution in [3.8, 4) is 0 Å². The Balaban J connectivity index is 4.59. The lowest BCUT2D eigenvalue weighted by molar-refractivity contribution is -0.00772. The van der Waals surface area contributed by atoms with Crippen LogP contribution in [0.25, 0.3) is 0 Å². The van der Waals surface area contributed by atoms with E-state index in [1.165, 1.54) is 31.9 Å². The van der Waals surface area contributed by atoms with E-state index in [9.17, 15) is 9.36 Å². The molecular formula is C27H49O8P. The lowest BCUT2D eigenvalue weighted by Crippen LogP contribution is -2.24. The molecule has 0 radical (unpaired) electrons. The molecule has 0 bridgehead atoms. The molecule has 0 heterocycles. The summed E-state index contributed by atoms with van der Waals surface area (Å²) in [6.07, 6.45) is 18.4. The minimum Gasteiger partial charge on any atom is -0.434 e. The largest absolute Gasteiger partial charge is 0.532 e. The number of phosphoric acid groups is 1. The molecule has 9 heteroatoms. The fourth-order valence-corrected chi connectivity index (χ4v) is 4.04. The number of unbranched alkanes of at least 4 members (excludes halogenated alkanes) is 8. The van der Waals surface area contributed by atoms with Gasteiger partial charge >= 0.3 is 14.0 Å². The zero-order valence-corrected chi connectivity index (χ0v) is 24.2. The van der Waals surface area contributed by atoms with Gasteiger partial charge in [0.2, 0.25) is 0 Å². The molecule has 0 rings (SSSR count). The fourth-order valence-electron chi connectivity index (χ4n) is 2.89. The van der Waals surface area contributed by atoms with Crippen molar-refractivity contribution in [2.45, 2.75) is 111 Å². The molecule has 0 aliphatic heterocycles. The highest BCUT2D eigenvalue weighted by Crippen LogP contribution is 2.51. The Morgan fingerprint density at radius 3 is 2.11 bits per heavy atom. The molecule has 0 N–H and O–H groups in total.